The van der Waals surface area contributed by atoms with Crippen molar-refractivity contribution in [2.45, 2.75) is 31.2 Å². The second-order valence-corrected chi connectivity index (χ2v) is 6.48. The molecule has 3 N–H and O–H groups in total. The van der Waals surface area contributed by atoms with Crippen LogP contribution in [-0.4, -0.2) is 28.1 Å². The van der Waals surface area contributed by atoms with Gasteiger partial charge in [-0.15, -0.1) is 0 Å². The minimum Gasteiger partial charge on any atom is -0.399 e. The van der Waals surface area contributed by atoms with Crippen LogP contribution in [0.25, 0.3) is 0 Å². The first-order valence-corrected chi connectivity index (χ1v) is 7.78. The molecular formula is C13H20N4O2S. The number of benzene rings is 1. The Bertz CT molecular complexity index is 605. The molecule has 20 heavy (non-hydrogen) atoms. The number of sulfonamides is 1. The standard InChI is InChI=1S/C13H20N4O2S/c1-10(2)17(8-4-7-14)12-6-5-11(15)9-13(12)20(18,19)16-3/h5-6,9-10,16H,4,8,15H2,1-3H3. The van der Waals surface area contributed by atoms with Crippen LogP contribution in [0.2, 0.25) is 0 Å². The minimum atomic E-state index is -3.61. The zero-order valence-electron chi connectivity index (χ0n) is 11.9. The van der Waals surface area contributed by atoms with Crippen molar-refractivity contribution in [1.29, 1.82) is 5.26 Å². The molecule has 0 aromatic heterocycles. The summed E-state index contributed by atoms with van der Waals surface area (Å²) in [6.07, 6.45) is 0.321. The largest absolute Gasteiger partial charge is 0.399 e. The van der Waals surface area contributed by atoms with E-state index in [4.69, 9.17) is 11.0 Å². The Morgan fingerprint density at radius 2 is 2.10 bits per heavy atom. The first-order chi connectivity index (χ1) is 9.33. The first kappa shape index (κ1) is 16.3. The zero-order valence-corrected chi connectivity index (χ0v) is 12.7. The first-order valence-electron chi connectivity index (χ1n) is 6.30. The number of nitrogens with one attached hydrogen (secondary N) is 1. The van der Waals surface area contributed by atoms with Crippen molar-refractivity contribution in [3.8, 4) is 6.07 Å². The Morgan fingerprint density at radius 1 is 1.45 bits per heavy atom. The summed E-state index contributed by atoms with van der Waals surface area (Å²) in [5.74, 6) is 0. The van der Waals surface area contributed by atoms with Crippen molar-refractivity contribution < 1.29 is 8.42 Å². The van der Waals surface area contributed by atoms with Crippen molar-refractivity contribution in [1.82, 2.24) is 4.72 Å². The van der Waals surface area contributed by atoms with E-state index < -0.39 is 10.0 Å². The van der Waals surface area contributed by atoms with Crippen molar-refractivity contribution in [2.75, 3.05) is 24.2 Å². The number of nitrogen functional groups attached to an aromatic ring is 1. The Labute approximate surface area is 120 Å². The highest BCUT2D eigenvalue weighted by molar-refractivity contribution is 7.89. The van der Waals surface area contributed by atoms with Crippen molar-refractivity contribution in [2.24, 2.45) is 0 Å². The van der Waals surface area contributed by atoms with Gasteiger partial charge in [0, 0.05) is 18.3 Å². The molecule has 0 saturated carbocycles. The van der Waals surface area contributed by atoms with E-state index in [2.05, 4.69) is 10.8 Å². The van der Waals surface area contributed by atoms with Crippen LogP contribution in [0.4, 0.5) is 11.4 Å². The summed E-state index contributed by atoms with van der Waals surface area (Å²) in [7, 11) is -2.25. The van der Waals surface area contributed by atoms with Crippen LogP contribution in [0.5, 0.6) is 0 Å². The summed E-state index contributed by atoms with van der Waals surface area (Å²) in [5.41, 5.74) is 6.63. The van der Waals surface area contributed by atoms with Gasteiger partial charge in [-0.2, -0.15) is 5.26 Å². The fourth-order valence-electron chi connectivity index (χ4n) is 1.92. The molecule has 110 valence electrons. The van der Waals surface area contributed by atoms with E-state index >= 15 is 0 Å². The maximum Gasteiger partial charge on any atom is 0.242 e. The van der Waals surface area contributed by atoms with Gasteiger partial charge in [-0.25, -0.2) is 13.1 Å². The van der Waals surface area contributed by atoms with Crippen LogP contribution in [0.15, 0.2) is 23.1 Å². The maximum absolute atomic E-state index is 12.1. The number of hydrogen-bond donors (Lipinski definition) is 2. The number of nitrogens with zero attached hydrogens (tertiary/aromatic N) is 2. The molecule has 6 nitrogen and oxygen atoms in total. The average molecular weight is 296 g/mol. The molecule has 0 amide bonds. The number of hydrogen-bond acceptors (Lipinski definition) is 5. The predicted octanol–water partition coefficient (Wildman–Crippen LogP) is 1.31. The Hall–Kier alpha value is -1.78. The molecule has 0 aliphatic heterocycles. The van der Waals surface area contributed by atoms with Crippen LogP contribution in [-0.2, 0) is 10.0 Å². The van der Waals surface area contributed by atoms with E-state index in [0.717, 1.165) is 0 Å². The van der Waals surface area contributed by atoms with Gasteiger partial charge in [-0.05, 0) is 39.1 Å². The van der Waals surface area contributed by atoms with E-state index in [9.17, 15) is 8.42 Å². The highest BCUT2D eigenvalue weighted by Gasteiger charge is 2.22. The molecule has 1 rings (SSSR count). The van der Waals surface area contributed by atoms with Crippen LogP contribution in [0.3, 0.4) is 0 Å². The van der Waals surface area contributed by atoms with Gasteiger partial charge >= 0.3 is 0 Å². The molecule has 0 aliphatic rings. The van der Waals surface area contributed by atoms with E-state index in [-0.39, 0.29) is 10.9 Å². The SMILES string of the molecule is CNS(=O)(=O)c1cc(N)ccc1N(CCC#N)C(C)C. The summed E-state index contributed by atoms with van der Waals surface area (Å²) in [6, 6.07) is 6.91. The minimum absolute atomic E-state index is 0.0674. The molecule has 0 fully saturated rings. The molecule has 0 unspecified atom stereocenters. The van der Waals surface area contributed by atoms with Crippen LogP contribution >= 0.6 is 0 Å². The summed E-state index contributed by atoms with van der Waals surface area (Å²) in [6.45, 7) is 4.36. The summed E-state index contributed by atoms with van der Waals surface area (Å²) in [5, 5.41) is 8.74. The highest BCUT2D eigenvalue weighted by atomic mass is 32.2. The van der Waals surface area contributed by atoms with E-state index in [0.29, 0.717) is 24.3 Å². The second kappa shape index (κ2) is 6.59. The monoisotopic (exact) mass is 296 g/mol. The molecule has 1 aromatic carbocycles. The fourth-order valence-corrected chi connectivity index (χ4v) is 2.89. The molecule has 0 radical (unpaired) electrons. The molecule has 0 saturated heterocycles. The molecule has 0 heterocycles. The van der Waals surface area contributed by atoms with Gasteiger partial charge in [0.15, 0.2) is 0 Å². The quantitative estimate of drug-likeness (QED) is 0.771. The van der Waals surface area contributed by atoms with Crippen LogP contribution in [0, 0.1) is 11.3 Å². The molecule has 7 heteroatoms. The lowest BCUT2D eigenvalue weighted by Crippen LogP contribution is -2.34. The van der Waals surface area contributed by atoms with Gasteiger partial charge < -0.3 is 10.6 Å². The topological polar surface area (TPSA) is 99.2 Å². The van der Waals surface area contributed by atoms with Gasteiger partial charge in [-0.1, -0.05) is 0 Å². The maximum atomic E-state index is 12.1. The van der Waals surface area contributed by atoms with Gasteiger partial charge in [0.1, 0.15) is 4.90 Å². The Balaban J connectivity index is 3.39. The summed E-state index contributed by atoms with van der Waals surface area (Å²) < 4.78 is 26.5. The normalized spacial score (nSPS) is 11.3. The van der Waals surface area contributed by atoms with Crippen molar-refractivity contribution >= 4 is 21.4 Å². The van der Waals surface area contributed by atoms with E-state index in [1.54, 1.807) is 12.1 Å². The van der Waals surface area contributed by atoms with Crippen molar-refractivity contribution in [3.05, 3.63) is 18.2 Å². The number of anilines is 2. The lowest BCUT2D eigenvalue weighted by atomic mass is 10.2. The number of nitriles is 1. The molecule has 0 atom stereocenters. The van der Waals surface area contributed by atoms with Crippen LogP contribution in [0.1, 0.15) is 20.3 Å². The third-order valence-corrected chi connectivity index (χ3v) is 4.38. The lowest BCUT2D eigenvalue weighted by Gasteiger charge is -2.30. The third kappa shape index (κ3) is 3.62. The van der Waals surface area contributed by atoms with Gasteiger partial charge in [0.2, 0.25) is 10.0 Å². The number of nitrogens with two attached hydrogens (primary N) is 1. The van der Waals surface area contributed by atoms with Gasteiger partial charge in [0.05, 0.1) is 18.2 Å². The van der Waals surface area contributed by atoms with E-state index in [1.807, 2.05) is 18.7 Å². The van der Waals surface area contributed by atoms with Gasteiger partial charge in [0.25, 0.3) is 0 Å². The van der Waals surface area contributed by atoms with Crippen LogP contribution < -0.4 is 15.4 Å². The fraction of sp³-hybridized carbons (Fsp3) is 0.462. The average Bonchev–Trinajstić information content (AvgIpc) is 2.40. The molecule has 0 aliphatic carbocycles. The molecule has 0 bridgehead atoms. The molecule has 1 aromatic rings. The number of rotatable bonds is 6. The smallest absolute Gasteiger partial charge is 0.242 e. The highest BCUT2D eigenvalue weighted by Crippen LogP contribution is 2.28. The Kier molecular flexibility index (Phi) is 5.36. The van der Waals surface area contributed by atoms with E-state index in [1.165, 1.54) is 13.1 Å². The predicted molar refractivity (Wildman–Crippen MR) is 79.8 cm³/mol. The summed E-state index contributed by atoms with van der Waals surface area (Å²) in [4.78, 5) is 2.01. The second-order valence-electron chi connectivity index (χ2n) is 4.63. The third-order valence-electron chi connectivity index (χ3n) is 2.94. The Morgan fingerprint density at radius 3 is 2.60 bits per heavy atom. The van der Waals surface area contributed by atoms with Crippen molar-refractivity contribution in [3.63, 3.8) is 0 Å². The zero-order chi connectivity index (χ0) is 15.3. The molecular weight excluding hydrogens is 276 g/mol. The summed E-state index contributed by atoms with van der Waals surface area (Å²) >= 11 is 0. The lowest BCUT2D eigenvalue weighted by molar-refractivity contribution is 0.586. The van der Waals surface area contributed by atoms with Gasteiger partial charge in [-0.3, -0.25) is 0 Å². The molecule has 0 spiro atoms.